The van der Waals surface area contributed by atoms with Crippen LogP contribution >= 0.6 is 23.2 Å². The Morgan fingerprint density at radius 3 is 2.38 bits per heavy atom. The van der Waals surface area contributed by atoms with Crippen molar-refractivity contribution >= 4 is 29.1 Å². The normalized spacial score (nSPS) is 12.1. The SMILES string of the molecule is CON(C(=O)c1c(F)cccc1F)[C@H](C)Cc1ccc(Cl)cc1Cl. The molecule has 0 saturated heterocycles. The van der Waals surface area contributed by atoms with Crippen LogP contribution in [-0.4, -0.2) is 24.1 Å². The van der Waals surface area contributed by atoms with Gasteiger partial charge in [-0.05, 0) is 43.2 Å². The lowest BCUT2D eigenvalue weighted by molar-refractivity contribution is -0.119. The van der Waals surface area contributed by atoms with Gasteiger partial charge in [0, 0.05) is 10.0 Å². The van der Waals surface area contributed by atoms with E-state index in [1.165, 1.54) is 13.2 Å². The Labute approximate surface area is 148 Å². The number of hydroxylamine groups is 2. The highest BCUT2D eigenvalue weighted by Gasteiger charge is 2.27. The third kappa shape index (κ3) is 4.04. The molecule has 0 saturated carbocycles. The first-order chi connectivity index (χ1) is 11.3. The van der Waals surface area contributed by atoms with Gasteiger partial charge in [-0.3, -0.25) is 9.63 Å². The van der Waals surface area contributed by atoms with Crippen LogP contribution in [0.3, 0.4) is 0 Å². The van der Waals surface area contributed by atoms with Crippen molar-refractivity contribution < 1.29 is 18.4 Å². The molecule has 0 fully saturated rings. The Morgan fingerprint density at radius 1 is 1.21 bits per heavy atom. The summed E-state index contributed by atoms with van der Waals surface area (Å²) in [4.78, 5) is 17.5. The number of benzene rings is 2. The second-order valence-electron chi connectivity index (χ2n) is 5.20. The van der Waals surface area contributed by atoms with E-state index in [2.05, 4.69) is 0 Å². The average Bonchev–Trinajstić information content (AvgIpc) is 2.50. The fourth-order valence-corrected chi connectivity index (χ4v) is 2.85. The minimum Gasteiger partial charge on any atom is -0.274 e. The second kappa shape index (κ2) is 7.92. The van der Waals surface area contributed by atoms with Crippen molar-refractivity contribution in [2.45, 2.75) is 19.4 Å². The fraction of sp³-hybridized carbons (Fsp3) is 0.235. The van der Waals surface area contributed by atoms with Crippen LogP contribution in [0, 0.1) is 11.6 Å². The minimum absolute atomic E-state index is 0.325. The maximum atomic E-state index is 13.8. The standard InChI is InChI=1S/C17H15Cl2F2NO2/c1-10(8-11-6-7-12(18)9-13(11)19)22(24-2)17(23)16-14(20)4-3-5-15(16)21/h3-7,9-10H,8H2,1-2H3/t10-/m1/s1. The lowest BCUT2D eigenvalue weighted by Crippen LogP contribution is -2.39. The van der Waals surface area contributed by atoms with E-state index < -0.39 is 29.1 Å². The Balaban J connectivity index is 2.25. The number of hydrogen-bond donors (Lipinski definition) is 0. The number of carbonyl (C=O) groups excluding carboxylic acids is 1. The lowest BCUT2D eigenvalue weighted by Gasteiger charge is -2.27. The number of carbonyl (C=O) groups is 1. The maximum Gasteiger partial charge on any atom is 0.283 e. The molecule has 0 aromatic heterocycles. The Bertz CT molecular complexity index is 735. The molecule has 0 aliphatic rings. The third-order valence-corrected chi connectivity index (χ3v) is 4.09. The van der Waals surface area contributed by atoms with Gasteiger partial charge >= 0.3 is 0 Å². The van der Waals surface area contributed by atoms with Gasteiger partial charge < -0.3 is 0 Å². The molecule has 2 aromatic rings. The predicted octanol–water partition coefficient (Wildman–Crippen LogP) is 4.91. The molecular formula is C17H15Cl2F2NO2. The van der Waals surface area contributed by atoms with E-state index in [9.17, 15) is 13.6 Å². The molecular weight excluding hydrogens is 359 g/mol. The molecule has 1 amide bonds. The van der Waals surface area contributed by atoms with E-state index in [4.69, 9.17) is 28.0 Å². The topological polar surface area (TPSA) is 29.5 Å². The predicted molar refractivity (Wildman–Crippen MR) is 89.2 cm³/mol. The summed E-state index contributed by atoms with van der Waals surface area (Å²) in [5.41, 5.74) is 0.0748. The monoisotopic (exact) mass is 373 g/mol. The number of halogens is 4. The van der Waals surface area contributed by atoms with Gasteiger partial charge in [-0.15, -0.1) is 0 Å². The van der Waals surface area contributed by atoms with Crippen LogP contribution in [0.5, 0.6) is 0 Å². The molecule has 0 unspecified atom stereocenters. The van der Waals surface area contributed by atoms with Crippen LogP contribution in [0.15, 0.2) is 36.4 Å². The summed E-state index contributed by atoms with van der Waals surface area (Å²) in [6.07, 6.45) is 0.325. The van der Waals surface area contributed by atoms with Crippen molar-refractivity contribution in [1.82, 2.24) is 5.06 Å². The molecule has 0 aliphatic heterocycles. The summed E-state index contributed by atoms with van der Waals surface area (Å²) in [6.45, 7) is 1.69. The lowest BCUT2D eigenvalue weighted by atomic mass is 10.1. The van der Waals surface area contributed by atoms with Gasteiger partial charge in [-0.25, -0.2) is 13.8 Å². The molecule has 2 rings (SSSR count). The Kier molecular flexibility index (Phi) is 6.15. The first-order valence-electron chi connectivity index (χ1n) is 7.10. The molecule has 3 nitrogen and oxygen atoms in total. The van der Waals surface area contributed by atoms with Crippen LogP contribution in [-0.2, 0) is 11.3 Å². The van der Waals surface area contributed by atoms with E-state index in [0.29, 0.717) is 16.5 Å². The molecule has 7 heteroatoms. The number of amides is 1. The molecule has 128 valence electrons. The molecule has 24 heavy (non-hydrogen) atoms. The molecule has 2 aromatic carbocycles. The van der Waals surface area contributed by atoms with E-state index in [0.717, 1.165) is 22.8 Å². The molecule has 0 aliphatic carbocycles. The van der Waals surface area contributed by atoms with Gasteiger partial charge in [0.05, 0.1) is 13.2 Å². The summed E-state index contributed by atoms with van der Waals surface area (Å²) >= 11 is 12.0. The van der Waals surface area contributed by atoms with Crippen LogP contribution in [0.2, 0.25) is 10.0 Å². The van der Waals surface area contributed by atoms with Crippen LogP contribution in [0.25, 0.3) is 0 Å². The molecule has 0 bridgehead atoms. The summed E-state index contributed by atoms with van der Waals surface area (Å²) in [5, 5.41) is 1.85. The third-order valence-electron chi connectivity index (χ3n) is 3.50. The largest absolute Gasteiger partial charge is 0.283 e. The number of nitrogens with zero attached hydrogens (tertiary/aromatic N) is 1. The van der Waals surface area contributed by atoms with Crippen LogP contribution in [0.1, 0.15) is 22.8 Å². The van der Waals surface area contributed by atoms with Crippen molar-refractivity contribution in [2.24, 2.45) is 0 Å². The Hall–Kier alpha value is -1.69. The smallest absolute Gasteiger partial charge is 0.274 e. The first-order valence-corrected chi connectivity index (χ1v) is 7.86. The molecule has 0 spiro atoms. The van der Waals surface area contributed by atoms with Crippen LogP contribution in [0.4, 0.5) is 8.78 Å². The molecule has 1 atom stereocenters. The highest BCUT2D eigenvalue weighted by Crippen LogP contribution is 2.24. The second-order valence-corrected chi connectivity index (χ2v) is 6.04. The minimum atomic E-state index is -0.946. The fourth-order valence-electron chi connectivity index (χ4n) is 2.36. The quantitative estimate of drug-likeness (QED) is 0.697. The van der Waals surface area contributed by atoms with E-state index in [1.54, 1.807) is 25.1 Å². The zero-order valence-corrected chi connectivity index (χ0v) is 14.5. The van der Waals surface area contributed by atoms with Crippen molar-refractivity contribution in [3.63, 3.8) is 0 Å². The van der Waals surface area contributed by atoms with Crippen molar-refractivity contribution in [3.05, 3.63) is 69.2 Å². The van der Waals surface area contributed by atoms with Gasteiger partial charge in [0.1, 0.15) is 17.2 Å². The summed E-state index contributed by atoms with van der Waals surface area (Å²) in [6, 6.07) is 7.69. The summed E-state index contributed by atoms with van der Waals surface area (Å²) < 4.78 is 27.6. The zero-order valence-electron chi connectivity index (χ0n) is 13.0. The van der Waals surface area contributed by atoms with Gasteiger partial charge in [-0.1, -0.05) is 35.3 Å². The number of hydrogen-bond acceptors (Lipinski definition) is 2. The first kappa shape index (κ1) is 18.6. The Morgan fingerprint density at radius 2 is 1.83 bits per heavy atom. The zero-order chi connectivity index (χ0) is 17.9. The summed E-state index contributed by atoms with van der Waals surface area (Å²) in [5.74, 6) is -2.79. The summed E-state index contributed by atoms with van der Waals surface area (Å²) in [7, 11) is 1.26. The van der Waals surface area contributed by atoms with Gasteiger partial charge in [0.2, 0.25) is 0 Å². The van der Waals surface area contributed by atoms with Crippen molar-refractivity contribution in [1.29, 1.82) is 0 Å². The van der Waals surface area contributed by atoms with Crippen molar-refractivity contribution in [3.8, 4) is 0 Å². The number of rotatable bonds is 5. The van der Waals surface area contributed by atoms with E-state index in [-0.39, 0.29) is 0 Å². The highest BCUT2D eigenvalue weighted by molar-refractivity contribution is 6.35. The van der Waals surface area contributed by atoms with Gasteiger partial charge in [0.15, 0.2) is 0 Å². The maximum absolute atomic E-state index is 13.8. The molecule has 0 N–H and O–H groups in total. The molecule has 0 heterocycles. The van der Waals surface area contributed by atoms with Crippen molar-refractivity contribution in [2.75, 3.05) is 7.11 Å². The highest BCUT2D eigenvalue weighted by atomic mass is 35.5. The van der Waals surface area contributed by atoms with Gasteiger partial charge in [0.25, 0.3) is 5.91 Å². The van der Waals surface area contributed by atoms with Crippen LogP contribution < -0.4 is 0 Å². The van der Waals surface area contributed by atoms with E-state index in [1.807, 2.05) is 0 Å². The van der Waals surface area contributed by atoms with E-state index >= 15 is 0 Å². The van der Waals surface area contributed by atoms with Gasteiger partial charge in [-0.2, -0.15) is 0 Å². The average molecular weight is 374 g/mol. The molecule has 0 radical (unpaired) electrons.